The molecule has 0 spiro atoms. The van der Waals surface area contributed by atoms with Crippen LogP contribution in [0, 0.1) is 0 Å². The average Bonchev–Trinajstić information content (AvgIpc) is 3.10. The van der Waals surface area contributed by atoms with Crippen LogP contribution in [0.1, 0.15) is 16.8 Å². The topological polar surface area (TPSA) is 59.7 Å². The first-order valence-corrected chi connectivity index (χ1v) is 7.36. The first-order valence-electron chi connectivity index (χ1n) is 7.36. The average molecular weight is 292 g/mol. The van der Waals surface area contributed by atoms with Crippen molar-refractivity contribution in [3.63, 3.8) is 0 Å². The van der Waals surface area contributed by atoms with Crippen molar-refractivity contribution in [1.29, 1.82) is 0 Å². The number of benzene rings is 1. The summed E-state index contributed by atoms with van der Waals surface area (Å²) in [5, 5.41) is 7.73. The lowest BCUT2D eigenvalue weighted by molar-refractivity contribution is 0.242. The van der Waals surface area contributed by atoms with Gasteiger partial charge >= 0.3 is 0 Å². The standard InChI is InChI=1S/C16H16N6/c1-2-4-13(5-3-1)11-21-8-6-15-14(12-21)10-17-16(19-15)22-9-7-18-20-22/h1-5,7,9-10H,6,8,11-12H2. The Hall–Kier alpha value is -2.60. The van der Waals surface area contributed by atoms with E-state index in [1.54, 1.807) is 17.1 Å². The summed E-state index contributed by atoms with van der Waals surface area (Å²) in [4.78, 5) is 11.4. The molecule has 4 rings (SSSR count). The zero-order valence-electron chi connectivity index (χ0n) is 12.1. The molecule has 1 aromatic carbocycles. The molecule has 6 heteroatoms. The zero-order chi connectivity index (χ0) is 14.8. The number of aromatic nitrogens is 5. The molecule has 22 heavy (non-hydrogen) atoms. The van der Waals surface area contributed by atoms with E-state index in [4.69, 9.17) is 0 Å². The highest BCUT2D eigenvalue weighted by atomic mass is 15.5. The van der Waals surface area contributed by atoms with Gasteiger partial charge < -0.3 is 0 Å². The van der Waals surface area contributed by atoms with Gasteiger partial charge in [0.15, 0.2) is 0 Å². The molecule has 0 unspecified atom stereocenters. The summed E-state index contributed by atoms with van der Waals surface area (Å²) < 4.78 is 1.59. The van der Waals surface area contributed by atoms with Crippen LogP contribution in [0.3, 0.4) is 0 Å². The van der Waals surface area contributed by atoms with Crippen LogP contribution in [0.25, 0.3) is 5.95 Å². The molecule has 0 amide bonds. The van der Waals surface area contributed by atoms with Crippen molar-refractivity contribution in [3.8, 4) is 5.95 Å². The third kappa shape index (κ3) is 2.60. The van der Waals surface area contributed by atoms with E-state index < -0.39 is 0 Å². The molecular formula is C16H16N6. The summed E-state index contributed by atoms with van der Waals surface area (Å²) in [6.07, 6.45) is 6.24. The zero-order valence-corrected chi connectivity index (χ0v) is 12.1. The second kappa shape index (κ2) is 5.65. The van der Waals surface area contributed by atoms with E-state index in [1.165, 1.54) is 11.1 Å². The quantitative estimate of drug-likeness (QED) is 0.734. The minimum absolute atomic E-state index is 0.591. The van der Waals surface area contributed by atoms with Crippen LogP contribution in [-0.4, -0.2) is 36.4 Å². The predicted molar refractivity (Wildman–Crippen MR) is 81.2 cm³/mol. The maximum Gasteiger partial charge on any atom is 0.252 e. The molecule has 1 aliphatic rings. The Bertz CT molecular complexity index is 754. The second-order valence-electron chi connectivity index (χ2n) is 5.44. The minimum Gasteiger partial charge on any atom is -0.294 e. The molecule has 0 saturated heterocycles. The molecule has 0 atom stereocenters. The van der Waals surface area contributed by atoms with E-state index >= 15 is 0 Å². The molecule has 6 nitrogen and oxygen atoms in total. The van der Waals surface area contributed by atoms with E-state index in [0.717, 1.165) is 31.7 Å². The van der Waals surface area contributed by atoms with Gasteiger partial charge in [-0.25, -0.2) is 9.97 Å². The van der Waals surface area contributed by atoms with Gasteiger partial charge in [-0.15, -0.1) is 5.10 Å². The van der Waals surface area contributed by atoms with Crippen molar-refractivity contribution in [2.45, 2.75) is 19.5 Å². The summed E-state index contributed by atoms with van der Waals surface area (Å²) >= 11 is 0. The molecule has 3 heterocycles. The number of hydrogen-bond acceptors (Lipinski definition) is 5. The van der Waals surface area contributed by atoms with E-state index in [-0.39, 0.29) is 0 Å². The van der Waals surface area contributed by atoms with Gasteiger partial charge in [-0.1, -0.05) is 35.5 Å². The molecule has 0 saturated carbocycles. The fourth-order valence-corrected chi connectivity index (χ4v) is 2.77. The van der Waals surface area contributed by atoms with E-state index in [9.17, 15) is 0 Å². The number of nitrogens with zero attached hydrogens (tertiary/aromatic N) is 6. The molecule has 0 aliphatic carbocycles. The van der Waals surface area contributed by atoms with Crippen LogP contribution in [0.15, 0.2) is 48.9 Å². The van der Waals surface area contributed by atoms with Crippen molar-refractivity contribution >= 4 is 0 Å². The fraction of sp³-hybridized carbons (Fsp3) is 0.250. The van der Waals surface area contributed by atoms with Crippen molar-refractivity contribution < 1.29 is 0 Å². The highest BCUT2D eigenvalue weighted by Crippen LogP contribution is 2.19. The lowest BCUT2D eigenvalue weighted by Crippen LogP contribution is -2.31. The van der Waals surface area contributed by atoms with Crippen molar-refractivity contribution in [2.75, 3.05) is 6.54 Å². The first-order chi connectivity index (χ1) is 10.9. The monoisotopic (exact) mass is 292 g/mol. The van der Waals surface area contributed by atoms with Gasteiger partial charge in [0.05, 0.1) is 18.1 Å². The summed E-state index contributed by atoms with van der Waals surface area (Å²) in [5.41, 5.74) is 3.65. The summed E-state index contributed by atoms with van der Waals surface area (Å²) in [6.45, 7) is 2.86. The van der Waals surface area contributed by atoms with Crippen LogP contribution < -0.4 is 0 Å². The predicted octanol–water partition coefficient (Wildman–Crippen LogP) is 1.62. The molecular weight excluding hydrogens is 276 g/mol. The summed E-state index contributed by atoms with van der Waals surface area (Å²) in [5.74, 6) is 0.591. The molecule has 110 valence electrons. The van der Waals surface area contributed by atoms with E-state index in [1.807, 2.05) is 6.20 Å². The van der Waals surface area contributed by atoms with Crippen molar-refractivity contribution in [1.82, 2.24) is 29.9 Å². The van der Waals surface area contributed by atoms with Gasteiger partial charge in [-0.3, -0.25) is 4.90 Å². The van der Waals surface area contributed by atoms with Crippen LogP contribution in [0.4, 0.5) is 0 Å². The Morgan fingerprint density at radius 1 is 1.14 bits per heavy atom. The number of hydrogen-bond donors (Lipinski definition) is 0. The largest absolute Gasteiger partial charge is 0.294 e. The van der Waals surface area contributed by atoms with Crippen molar-refractivity contribution in [3.05, 3.63) is 65.7 Å². The van der Waals surface area contributed by atoms with Gasteiger partial charge in [-0.2, -0.15) is 4.68 Å². The van der Waals surface area contributed by atoms with Crippen LogP contribution >= 0.6 is 0 Å². The maximum atomic E-state index is 4.62. The molecule has 0 radical (unpaired) electrons. The van der Waals surface area contributed by atoms with Gasteiger partial charge in [0.2, 0.25) is 0 Å². The molecule has 0 fully saturated rings. The molecule has 2 aromatic heterocycles. The lowest BCUT2D eigenvalue weighted by Gasteiger charge is -2.28. The SMILES string of the molecule is c1ccc(CN2CCc3nc(-n4ccnn4)ncc3C2)cc1. The summed E-state index contributed by atoms with van der Waals surface area (Å²) in [6, 6.07) is 10.6. The highest BCUT2D eigenvalue weighted by Gasteiger charge is 2.19. The van der Waals surface area contributed by atoms with Gasteiger partial charge in [0.1, 0.15) is 0 Å². The number of fused-ring (bicyclic) bond motifs is 1. The smallest absolute Gasteiger partial charge is 0.252 e. The Kier molecular flexibility index (Phi) is 3.36. The molecule has 3 aromatic rings. The van der Waals surface area contributed by atoms with Crippen LogP contribution in [0.5, 0.6) is 0 Å². The minimum atomic E-state index is 0.591. The lowest BCUT2D eigenvalue weighted by atomic mass is 10.1. The maximum absolute atomic E-state index is 4.62. The molecule has 0 N–H and O–H groups in total. The first kappa shape index (κ1) is 13.1. The molecule has 1 aliphatic heterocycles. The van der Waals surface area contributed by atoms with E-state index in [2.05, 4.69) is 55.5 Å². The number of rotatable bonds is 3. The Balaban J connectivity index is 1.52. The third-order valence-corrected chi connectivity index (χ3v) is 3.88. The Labute approximate surface area is 128 Å². The van der Waals surface area contributed by atoms with Crippen LogP contribution in [0.2, 0.25) is 0 Å². The normalized spacial score (nSPS) is 14.7. The van der Waals surface area contributed by atoms with Gasteiger partial charge in [-0.05, 0) is 5.56 Å². The highest BCUT2D eigenvalue weighted by molar-refractivity contribution is 5.25. The second-order valence-corrected chi connectivity index (χ2v) is 5.44. The third-order valence-electron chi connectivity index (χ3n) is 3.88. The van der Waals surface area contributed by atoms with Gasteiger partial charge in [0, 0.05) is 37.8 Å². The summed E-state index contributed by atoms with van der Waals surface area (Å²) in [7, 11) is 0. The van der Waals surface area contributed by atoms with Crippen molar-refractivity contribution in [2.24, 2.45) is 0 Å². The van der Waals surface area contributed by atoms with Crippen LogP contribution in [-0.2, 0) is 19.5 Å². The van der Waals surface area contributed by atoms with E-state index in [0.29, 0.717) is 5.95 Å². The fourth-order valence-electron chi connectivity index (χ4n) is 2.77. The Morgan fingerprint density at radius 2 is 2.05 bits per heavy atom. The van der Waals surface area contributed by atoms with Gasteiger partial charge in [0.25, 0.3) is 5.95 Å². The molecule has 0 bridgehead atoms. The Morgan fingerprint density at radius 3 is 2.86 bits per heavy atom.